The van der Waals surface area contributed by atoms with E-state index in [2.05, 4.69) is 10.0 Å². The second-order valence-corrected chi connectivity index (χ2v) is 8.53. The third-order valence-corrected chi connectivity index (χ3v) is 5.89. The molecule has 0 bridgehead atoms. The Kier molecular flexibility index (Phi) is 6.80. The molecule has 24 heavy (non-hydrogen) atoms. The molecule has 0 aromatic heterocycles. The summed E-state index contributed by atoms with van der Waals surface area (Å²) in [6, 6.07) is 6.23. The van der Waals surface area contributed by atoms with Gasteiger partial charge in [-0.2, -0.15) is 0 Å². The Bertz CT molecular complexity index is 648. The van der Waals surface area contributed by atoms with Crippen molar-refractivity contribution in [3.05, 3.63) is 29.8 Å². The van der Waals surface area contributed by atoms with E-state index in [1.165, 1.54) is 31.4 Å². The highest BCUT2D eigenvalue weighted by Gasteiger charge is 2.19. The predicted molar refractivity (Wildman–Crippen MR) is 95.5 cm³/mol. The molecule has 6 heteroatoms. The Morgan fingerprint density at radius 2 is 1.71 bits per heavy atom. The van der Waals surface area contributed by atoms with Crippen LogP contribution in [-0.2, 0) is 10.0 Å². The highest BCUT2D eigenvalue weighted by Crippen LogP contribution is 2.18. The van der Waals surface area contributed by atoms with Crippen LogP contribution < -0.4 is 10.0 Å². The number of nitrogens with one attached hydrogen (secondary N) is 2. The smallest absolute Gasteiger partial charge is 0.251 e. The first-order chi connectivity index (χ1) is 11.4. The summed E-state index contributed by atoms with van der Waals surface area (Å²) in [6.45, 7) is 3.53. The van der Waals surface area contributed by atoms with Gasteiger partial charge in [0, 0.05) is 17.6 Å². The number of hydrogen-bond donors (Lipinski definition) is 2. The molecule has 5 nitrogen and oxygen atoms in total. The summed E-state index contributed by atoms with van der Waals surface area (Å²) in [7, 11) is -3.59. The maximum Gasteiger partial charge on any atom is 0.251 e. The van der Waals surface area contributed by atoms with Crippen molar-refractivity contribution in [2.24, 2.45) is 0 Å². The first-order valence-electron chi connectivity index (χ1n) is 8.82. The van der Waals surface area contributed by atoms with Gasteiger partial charge in [-0.05, 0) is 44.9 Å². The van der Waals surface area contributed by atoms with Crippen LogP contribution in [0.25, 0.3) is 0 Å². The summed E-state index contributed by atoms with van der Waals surface area (Å²) < 4.78 is 27.0. The van der Waals surface area contributed by atoms with Gasteiger partial charge in [0.15, 0.2) is 0 Å². The molecule has 2 N–H and O–H groups in total. The Morgan fingerprint density at radius 1 is 1.08 bits per heavy atom. The third-order valence-electron chi connectivity index (χ3n) is 4.24. The number of carbonyl (C=O) groups is 1. The van der Waals surface area contributed by atoms with Gasteiger partial charge in [0.05, 0.1) is 4.90 Å². The van der Waals surface area contributed by atoms with Crippen molar-refractivity contribution in [1.82, 2.24) is 10.0 Å². The summed E-state index contributed by atoms with van der Waals surface area (Å²) in [5.74, 6) is -0.192. The zero-order valence-corrected chi connectivity index (χ0v) is 15.4. The number of carbonyl (C=O) groups excluding carboxylic acids is 1. The molecule has 0 heterocycles. The fourth-order valence-corrected chi connectivity index (χ4v) is 4.35. The topological polar surface area (TPSA) is 75.3 Å². The number of rotatable bonds is 5. The van der Waals surface area contributed by atoms with Crippen molar-refractivity contribution < 1.29 is 13.2 Å². The van der Waals surface area contributed by atoms with Crippen molar-refractivity contribution >= 4 is 15.9 Å². The Hall–Kier alpha value is -1.40. The predicted octanol–water partition coefficient (Wildman–Crippen LogP) is 3.22. The summed E-state index contributed by atoms with van der Waals surface area (Å²) in [5, 5.41) is 3.07. The average Bonchev–Trinajstić information content (AvgIpc) is 2.48. The van der Waals surface area contributed by atoms with E-state index in [1.807, 2.05) is 0 Å². The minimum Gasteiger partial charge on any atom is -0.349 e. The number of hydrogen-bond acceptors (Lipinski definition) is 3. The van der Waals surface area contributed by atoms with Gasteiger partial charge >= 0.3 is 0 Å². The molecule has 1 aromatic rings. The molecule has 0 unspecified atom stereocenters. The van der Waals surface area contributed by atoms with Gasteiger partial charge in [0.25, 0.3) is 5.91 Å². The molecule has 0 spiro atoms. The Morgan fingerprint density at radius 3 is 2.33 bits per heavy atom. The van der Waals surface area contributed by atoms with Crippen LogP contribution in [0.15, 0.2) is 29.2 Å². The monoisotopic (exact) mass is 352 g/mol. The van der Waals surface area contributed by atoms with Gasteiger partial charge in [-0.3, -0.25) is 4.79 Å². The molecule has 1 saturated carbocycles. The number of benzene rings is 1. The lowest BCUT2D eigenvalue weighted by atomic mass is 9.96. The van der Waals surface area contributed by atoms with Crippen molar-refractivity contribution in [2.75, 3.05) is 0 Å². The molecular formula is C18H28N2O3S. The molecule has 1 fully saturated rings. The molecule has 0 aliphatic heterocycles. The fraction of sp³-hybridized carbons (Fsp3) is 0.611. The Labute approximate surface area is 145 Å². The van der Waals surface area contributed by atoms with Gasteiger partial charge in [-0.1, -0.05) is 38.2 Å². The van der Waals surface area contributed by atoms with Crippen LogP contribution in [0, 0.1) is 0 Å². The maximum absolute atomic E-state index is 12.5. The van der Waals surface area contributed by atoms with Crippen molar-refractivity contribution in [3.8, 4) is 0 Å². The molecule has 1 amide bonds. The lowest BCUT2D eigenvalue weighted by Crippen LogP contribution is -2.35. The van der Waals surface area contributed by atoms with E-state index in [-0.39, 0.29) is 22.9 Å². The minimum atomic E-state index is -3.59. The standard InChI is InChI=1S/C18H28N2O3S/c1-14(2)20-24(22,23)17-12-8-9-15(13-17)18(21)19-16-10-6-4-3-5-7-11-16/h8-9,12-14,16,20H,3-7,10-11H2,1-2H3,(H,19,21). The third kappa shape index (κ3) is 5.60. The largest absolute Gasteiger partial charge is 0.349 e. The van der Waals surface area contributed by atoms with E-state index in [9.17, 15) is 13.2 Å². The van der Waals surface area contributed by atoms with Crippen LogP contribution in [0.2, 0.25) is 0 Å². The molecule has 0 atom stereocenters. The van der Waals surface area contributed by atoms with Crippen LogP contribution >= 0.6 is 0 Å². The number of sulfonamides is 1. The Balaban J connectivity index is 2.08. The van der Waals surface area contributed by atoms with Crippen molar-refractivity contribution in [2.45, 2.75) is 75.8 Å². The van der Waals surface area contributed by atoms with Gasteiger partial charge < -0.3 is 5.32 Å². The highest BCUT2D eigenvalue weighted by atomic mass is 32.2. The molecular weight excluding hydrogens is 324 g/mol. The molecule has 1 aromatic carbocycles. The van der Waals surface area contributed by atoms with Crippen LogP contribution in [0.5, 0.6) is 0 Å². The minimum absolute atomic E-state index is 0.126. The van der Waals surface area contributed by atoms with Crippen molar-refractivity contribution in [1.29, 1.82) is 0 Å². The number of amides is 1. The molecule has 0 radical (unpaired) electrons. The molecule has 1 aliphatic carbocycles. The summed E-state index contributed by atoms with van der Waals surface area (Å²) in [4.78, 5) is 12.6. The van der Waals surface area contributed by atoms with Crippen LogP contribution in [0.1, 0.15) is 69.2 Å². The van der Waals surface area contributed by atoms with E-state index in [4.69, 9.17) is 0 Å². The second-order valence-electron chi connectivity index (χ2n) is 6.82. The van der Waals surface area contributed by atoms with E-state index < -0.39 is 10.0 Å². The van der Waals surface area contributed by atoms with Gasteiger partial charge in [0.1, 0.15) is 0 Å². The maximum atomic E-state index is 12.5. The van der Waals surface area contributed by atoms with Crippen molar-refractivity contribution in [3.63, 3.8) is 0 Å². The summed E-state index contributed by atoms with van der Waals surface area (Å²) >= 11 is 0. The quantitative estimate of drug-likeness (QED) is 0.854. The average molecular weight is 353 g/mol. The van der Waals surface area contributed by atoms with Gasteiger partial charge in [-0.25, -0.2) is 13.1 Å². The molecule has 0 saturated heterocycles. The van der Waals surface area contributed by atoms with Gasteiger partial charge in [0.2, 0.25) is 10.0 Å². The first kappa shape index (κ1) is 18.9. The van der Waals surface area contributed by atoms with Crippen LogP contribution in [0.4, 0.5) is 0 Å². The molecule has 1 aliphatic rings. The zero-order chi connectivity index (χ0) is 17.6. The molecule has 2 rings (SSSR count). The zero-order valence-electron chi connectivity index (χ0n) is 14.5. The van der Waals surface area contributed by atoms with Crippen LogP contribution in [0.3, 0.4) is 0 Å². The van der Waals surface area contributed by atoms with E-state index in [0.717, 1.165) is 25.7 Å². The van der Waals surface area contributed by atoms with Gasteiger partial charge in [-0.15, -0.1) is 0 Å². The SMILES string of the molecule is CC(C)NS(=O)(=O)c1cccc(C(=O)NC2CCCCCCC2)c1. The molecule has 134 valence electrons. The van der Waals surface area contributed by atoms with E-state index in [0.29, 0.717) is 5.56 Å². The fourth-order valence-electron chi connectivity index (χ4n) is 3.05. The summed E-state index contributed by atoms with van der Waals surface area (Å²) in [6.07, 6.45) is 8.00. The first-order valence-corrected chi connectivity index (χ1v) is 10.3. The lowest BCUT2D eigenvalue weighted by Gasteiger charge is -2.21. The highest BCUT2D eigenvalue weighted by molar-refractivity contribution is 7.89. The van der Waals surface area contributed by atoms with E-state index >= 15 is 0 Å². The van der Waals surface area contributed by atoms with E-state index in [1.54, 1.807) is 26.0 Å². The normalized spacial score (nSPS) is 17.3. The summed E-state index contributed by atoms with van der Waals surface area (Å²) in [5.41, 5.74) is 0.392. The second kappa shape index (κ2) is 8.62. The lowest BCUT2D eigenvalue weighted by molar-refractivity contribution is 0.0930. The van der Waals surface area contributed by atoms with Crippen LogP contribution in [-0.4, -0.2) is 26.4 Å².